The van der Waals surface area contributed by atoms with E-state index in [1.807, 2.05) is 25.3 Å². The average Bonchev–Trinajstić information content (AvgIpc) is 2.30. The summed E-state index contributed by atoms with van der Waals surface area (Å²) in [4.78, 5) is 4.32. The maximum atomic E-state index is 10.3. The predicted molar refractivity (Wildman–Crippen MR) is 65.1 cm³/mol. The van der Waals surface area contributed by atoms with E-state index in [1.165, 1.54) is 12.8 Å². The van der Waals surface area contributed by atoms with Crippen molar-refractivity contribution in [1.29, 1.82) is 0 Å². The maximum absolute atomic E-state index is 10.3. The first-order valence-electron chi connectivity index (χ1n) is 6.27. The molecular weight excluding hydrogens is 198 g/mol. The molecule has 0 aliphatic heterocycles. The van der Waals surface area contributed by atoms with Crippen molar-refractivity contribution in [2.75, 3.05) is 0 Å². The molecule has 0 spiro atoms. The summed E-state index contributed by atoms with van der Waals surface area (Å²) in [6.45, 7) is 4.32. The van der Waals surface area contributed by atoms with E-state index in [0.29, 0.717) is 5.92 Å². The Hall–Kier alpha value is -0.890. The molecule has 1 heterocycles. The summed E-state index contributed by atoms with van der Waals surface area (Å²) in [5.74, 6) is 1.24. The Morgan fingerprint density at radius 3 is 2.50 bits per heavy atom. The lowest BCUT2D eigenvalue weighted by molar-refractivity contribution is 0.0721. The third-order valence-electron chi connectivity index (χ3n) is 3.74. The highest BCUT2D eigenvalue weighted by Crippen LogP contribution is 2.35. The molecule has 16 heavy (non-hydrogen) atoms. The van der Waals surface area contributed by atoms with Gasteiger partial charge in [-0.05, 0) is 43.2 Å². The van der Waals surface area contributed by atoms with Gasteiger partial charge in [0.15, 0.2) is 0 Å². The van der Waals surface area contributed by atoms with Gasteiger partial charge in [-0.1, -0.05) is 25.8 Å². The minimum absolute atomic E-state index is 0.368. The van der Waals surface area contributed by atoms with Crippen LogP contribution in [0.25, 0.3) is 0 Å². The van der Waals surface area contributed by atoms with Gasteiger partial charge in [-0.25, -0.2) is 0 Å². The van der Waals surface area contributed by atoms with Crippen molar-refractivity contribution in [1.82, 2.24) is 4.98 Å². The van der Waals surface area contributed by atoms with E-state index >= 15 is 0 Å². The second-order valence-electron chi connectivity index (χ2n) is 5.23. The quantitative estimate of drug-likeness (QED) is 0.828. The van der Waals surface area contributed by atoms with E-state index in [1.54, 1.807) is 0 Å². The molecule has 0 amide bonds. The molecule has 2 heteroatoms. The second kappa shape index (κ2) is 4.96. The van der Waals surface area contributed by atoms with Crippen molar-refractivity contribution in [2.45, 2.75) is 45.6 Å². The molecule has 1 atom stereocenters. The molecular formula is C14H21NO. The molecule has 1 N–H and O–H groups in total. The zero-order chi connectivity index (χ0) is 11.5. The number of nitrogens with zero attached hydrogens (tertiary/aromatic N) is 1. The van der Waals surface area contributed by atoms with Gasteiger partial charge in [0, 0.05) is 6.20 Å². The van der Waals surface area contributed by atoms with Gasteiger partial charge in [-0.2, -0.15) is 0 Å². The molecule has 1 saturated carbocycles. The molecule has 0 saturated heterocycles. The highest BCUT2D eigenvalue weighted by molar-refractivity contribution is 5.14. The van der Waals surface area contributed by atoms with Crippen LogP contribution in [0.4, 0.5) is 0 Å². The van der Waals surface area contributed by atoms with E-state index in [2.05, 4.69) is 11.9 Å². The van der Waals surface area contributed by atoms with Crippen LogP contribution in [0.5, 0.6) is 0 Å². The average molecular weight is 219 g/mol. The normalized spacial score (nSPS) is 27.7. The number of aromatic nitrogens is 1. The van der Waals surface area contributed by atoms with E-state index in [9.17, 15) is 5.11 Å². The van der Waals surface area contributed by atoms with E-state index in [-0.39, 0.29) is 6.10 Å². The molecule has 0 aromatic carbocycles. The van der Waals surface area contributed by atoms with Crippen LogP contribution in [0.3, 0.4) is 0 Å². The molecule has 0 bridgehead atoms. The first-order valence-corrected chi connectivity index (χ1v) is 6.27. The standard InChI is InChI=1S/C14H21NO/c1-10-3-6-12(7-4-10)14(16)13-8-5-11(2)9-15-13/h5,8-10,12,14,16H,3-4,6-7H2,1-2H3. The molecule has 88 valence electrons. The number of hydrogen-bond donors (Lipinski definition) is 1. The van der Waals surface area contributed by atoms with Crippen molar-refractivity contribution in [2.24, 2.45) is 11.8 Å². The third-order valence-corrected chi connectivity index (χ3v) is 3.74. The molecule has 1 aromatic rings. The fourth-order valence-corrected chi connectivity index (χ4v) is 2.50. The van der Waals surface area contributed by atoms with Crippen molar-refractivity contribution in [3.05, 3.63) is 29.6 Å². The second-order valence-corrected chi connectivity index (χ2v) is 5.23. The molecule has 1 aliphatic rings. The Bertz CT molecular complexity index is 325. The lowest BCUT2D eigenvalue weighted by Gasteiger charge is -2.29. The van der Waals surface area contributed by atoms with E-state index in [0.717, 1.165) is 30.0 Å². The summed E-state index contributed by atoms with van der Waals surface area (Å²) in [7, 11) is 0. The molecule has 1 fully saturated rings. The zero-order valence-corrected chi connectivity index (χ0v) is 10.2. The lowest BCUT2D eigenvalue weighted by atomic mass is 9.79. The monoisotopic (exact) mass is 219 g/mol. The third kappa shape index (κ3) is 2.62. The van der Waals surface area contributed by atoms with Crippen molar-refractivity contribution in [3.8, 4) is 0 Å². The Kier molecular flexibility index (Phi) is 3.59. The Morgan fingerprint density at radius 2 is 1.94 bits per heavy atom. The van der Waals surface area contributed by atoms with E-state index < -0.39 is 0 Å². The summed E-state index contributed by atoms with van der Waals surface area (Å²) in [5, 5.41) is 10.3. The van der Waals surface area contributed by atoms with Gasteiger partial charge >= 0.3 is 0 Å². The van der Waals surface area contributed by atoms with Crippen LogP contribution in [-0.2, 0) is 0 Å². The van der Waals surface area contributed by atoms with Gasteiger partial charge in [-0.15, -0.1) is 0 Å². The van der Waals surface area contributed by atoms with Gasteiger partial charge in [0.05, 0.1) is 11.8 Å². The Labute approximate surface area is 97.7 Å². The van der Waals surface area contributed by atoms with Gasteiger partial charge < -0.3 is 5.11 Å². The number of aliphatic hydroxyl groups excluding tert-OH is 1. The van der Waals surface area contributed by atoms with Crippen LogP contribution >= 0.6 is 0 Å². The number of rotatable bonds is 2. The molecule has 1 unspecified atom stereocenters. The minimum atomic E-state index is -0.368. The SMILES string of the molecule is Cc1ccc(C(O)C2CCC(C)CC2)nc1. The minimum Gasteiger partial charge on any atom is -0.387 e. The van der Waals surface area contributed by atoms with Crippen LogP contribution in [0.1, 0.15) is 50.0 Å². The highest BCUT2D eigenvalue weighted by Gasteiger charge is 2.26. The maximum Gasteiger partial charge on any atom is 0.0987 e. The highest BCUT2D eigenvalue weighted by atomic mass is 16.3. The van der Waals surface area contributed by atoms with Crippen LogP contribution in [0.2, 0.25) is 0 Å². The molecule has 2 rings (SSSR count). The summed E-state index contributed by atoms with van der Waals surface area (Å²) < 4.78 is 0. The van der Waals surface area contributed by atoms with Gasteiger partial charge in [0.2, 0.25) is 0 Å². The predicted octanol–water partition coefficient (Wildman–Crippen LogP) is 3.25. The first kappa shape index (κ1) is 11.6. The molecule has 1 aromatic heterocycles. The number of aliphatic hydroxyl groups is 1. The Balaban J connectivity index is 2.01. The number of aryl methyl sites for hydroxylation is 1. The molecule has 0 radical (unpaired) electrons. The molecule has 1 aliphatic carbocycles. The largest absolute Gasteiger partial charge is 0.387 e. The van der Waals surface area contributed by atoms with Crippen molar-refractivity contribution < 1.29 is 5.11 Å². The van der Waals surface area contributed by atoms with Crippen LogP contribution in [0.15, 0.2) is 18.3 Å². The summed E-state index contributed by atoms with van der Waals surface area (Å²) in [6, 6.07) is 3.98. The first-order chi connectivity index (χ1) is 7.66. The van der Waals surface area contributed by atoms with Crippen LogP contribution < -0.4 is 0 Å². The lowest BCUT2D eigenvalue weighted by Crippen LogP contribution is -2.20. The van der Waals surface area contributed by atoms with Crippen molar-refractivity contribution in [3.63, 3.8) is 0 Å². The fourth-order valence-electron chi connectivity index (χ4n) is 2.50. The molecule has 2 nitrogen and oxygen atoms in total. The fraction of sp³-hybridized carbons (Fsp3) is 0.643. The summed E-state index contributed by atoms with van der Waals surface area (Å²) in [5.41, 5.74) is 1.98. The summed E-state index contributed by atoms with van der Waals surface area (Å²) in [6.07, 6.45) is 6.23. The topological polar surface area (TPSA) is 33.1 Å². The van der Waals surface area contributed by atoms with E-state index in [4.69, 9.17) is 0 Å². The van der Waals surface area contributed by atoms with Gasteiger partial charge in [0.1, 0.15) is 0 Å². The van der Waals surface area contributed by atoms with Crippen molar-refractivity contribution >= 4 is 0 Å². The number of pyridine rings is 1. The zero-order valence-electron chi connectivity index (χ0n) is 10.2. The van der Waals surface area contributed by atoms with Gasteiger partial charge in [-0.3, -0.25) is 4.98 Å². The number of hydrogen-bond acceptors (Lipinski definition) is 2. The van der Waals surface area contributed by atoms with Crippen LogP contribution in [-0.4, -0.2) is 10.1 Å². The summed E-state index contributed by atoms with van der Waals surface area (Å²) >= 11 is 0. The van der Waals surface area contributed by atoms with Gasteiger partial charge in [0.25, 0.3) is 0 Å². The van der Waals surface area contributed by atoms with Crippen LogP contribution in [0, 0.1) is 18.8 Å². The Morgan fingerprint density at radius 1 is 1.25 bits per heavy atom. The smallest absolute Gasteiger partial charge is 0.0987 e.